The van der Waals surface area contributed by atoms with Crippen molar-refractivity contribution in [1.29, 1.82) is 0 Å². The largest absolute Gasteiger partial charge is 0.486 e. The van der Waals surface area contributed by atoms with Crippen LogP contribution in [0.1, 0.15) is 34.2 Å². The number of aliphatic hydroxyl groups is 1. The molecule has 2 N–H and O–H groups in total. The van der Waals surface area contributed by atoms with Gasteiger partial charge in [-0.3, -0.25) is 4.79 Å². The van der Waals surface area contributed by atoms with Gasteiger partial charge in [0.05, 0.1) is 10.9 Å². The lowest BCUT2D eigenvalue weighted by Crippen LogP contribution is -2.46. The van der Waals surface area contributed by atoms with Crippen LogP contribution in [0, 0.1) is 0 Å². The number of aliphatic hydroxyl groups excluding tert-OH is 1. The predicted molar refractivity (Wildman–Crippen MR) is 121 cm³/mol. The van der Waals surface area contributed by atoms with E-state index in [1.165, 1.54) is 11.3 Å². The molecule has 162 valence electrons. The number of nitrogens with one attached hydrogen (secondary N) is 1. The Kier molecular flexibility index (Phi) is 5.80. The summed E-state index contributed by atoms with van der Waals surface area (Å²) in [6.07, 6.45) is 1.45. The van der Waals surface area contributed by atoms with Gasteiger partial charge in [-0.15, -0.1) is 11.3 Å². The van der Waals surface area contributed by atoms with Crippen LogP contribution in [0.2, 0.25) is 0 Å². The zero-order valence-electron chi connectivity index (χ0n) is 17.3. The first-order valence-electron chi connectivity index (χ1n) is 10.8. The fraction of sp³-hybridized carbons (Fsp3) is 0.375. The fourth-order valence-corrected chi connectivity index (χ4v) is 5.24. The number of thiophene rings is 1. The molecule has 1 saturated heterocycles. The first-order valence-corrected chi connectivity index (χ1v) is 11.6. The Labute approximate surface area is 185 Å². The van der Waals surface area contributed by atoms with E-state index < -0.39 is 12.1 Å². The van der Waals surface area contributed by atoms with Crippen molar-refractivity contribution in [2.75, 3.05) is 32.8 Å². The number of carbonyl (C=O) groups excluding carboxylic acids is 1. The second kappa shape index (κ2) is 8.86. The molecule has 1 fully saturated rings. The molecule has 0 radical (unpaired) electrons. The standard InChI is InChI=1S/C24H26N2O4S/c27-23(17-7-8-19-20(13-17)30-12-11-29-19)18(15-26-9-3-4-10-26)25-24(28)22-14-16-5-1-2-6-21(16)31-22/h1-2,5-8,13-14,18,23,27H,3-4,9-12,15H2,(H,25,28)/t18-,23-/m1/s1. The van der Waals surface area contributed by atoms with Crippen molar-refractivity contribution in [3.05, 3.63) is 59.0 Å². The normalized spacial score (nSPS) is 18.1. The molecule has 5 rings (SSSR count). The minimum Gasteiger partial charge on any atom is -0.486 e. The van der Waals surface area contributed by atoms with Crippen molar-refractivity contribution in [3.8, 4) is 11.5 Å². The number of hydrogen-bond donors (Lipinski definition) is 2. The topological polar surface area (TPSA) is 71.0 Å². The van der Waals surface area contributed by atoms with Crippen LogP contribution >= 0.6 is 11.3 Å². The van der Waals surface area contributed by atoms with E-state index in [0.717, 1.165) is 36.0 Å². The van der Waals surface area contributed by atoms with Crippen molar-refractivity contribution < 1.29 is 19.4 Å². The molecule has 7 heteroatoms. The Morgan fingerprint density at radius 1 is 1.06 bits per heavy atom. The molecule has 0 aliphatic carbocycles. The summed E-state index contributed by atoms with van der Waals surface area (Å²) in [7, 11) is 0. The molecule has 2 aromatic carbocycles. The van der Waals surface area contributed by atoms with Gasteiger partial charge in [-0.25, -0.2) is 0 Å². The molecule has 6 nitrogen and oxygen atoms in total. The van der Waals surface area contributed by atoms with Crippen molar-refractivity contribution >= 4 is 27.3 Å². The molecule has 0 spiro atoms. The molecule has 3 heterocycles. The third-order valence-corrected chi connectivity index (χ3v) is 7.02. The van der Waals surface area contributed by atoms with Crippen molar-refractivity contribution in [2.45, 2.75) is 25.0 Å². The highest BCUT2D eigenvalue weighted by Crippen LogP contribution is 2.34. The van der Waals surface area contributed by atoms with Gasteiger partial charge >= 0.3 is 0 Å². The Morgan fingerprint density at radius 3 is 2.65 bits per heavy atom. The van der Waals surface area contributed by atoms with Gasteiger partial charge in [-0.2, -0.15) is 0 Å². The molecule has 1 aromatic heterocycles. The van der Waals surface area contributed by atoms with Gasteiger partial charge in [0.25, 0.3) is 5.91 Å². The van der Waals surface area contributed by atoms with E-state index in [2.05, 4.69) is 10.2 Å². The summed E-state index contributed by atoms with van der Waals surface area (Å²) in [4.78, 5) is 16.0. The van der Waals surface area contributed by atoms with E-state index in [9.17, 15) is 9.90 Å². The van der Waals surface area contributed by atoms with Gasteiger partial charge in [-0.1, -0.05) is 24.3 Å². The molecule has 0 saturated carbocycles. The van der Waals surface area contributed by atoms with Gasteiger partial charge in [0.1, 0.15) is 19.3 Å². The van der Waals surface area contributed by atoms with Crippen molar-refractivity contribution in [2.24, 2.45) is 0 Å². The van der Waals surface area contributed by atoms with Crippen LogP contribution in [0.3, 0.4) is 0 Å². The summed E-state index contributed by atoms with van der Waals surface area (Å²) in [5.41, 5.74) is 0.713. The first-order chi connectivity index (χ1) is 15.2. The molecular weight excluding hydrogens is 412 g/mol. The van der Waals surface area contributed by atoms with Gasteiger partial charge in [0, 0.05) is 11.2 Å². The van der Waals surface area contributed by atoms with Crippen LogP contribution in [-0.2, 0) is 0 Å². The average molecular weight is 439 g/mol. The Morgan fingerprint density at radius 2 is 1.84 bits per heavy atom. The highest BCUT2D eigenvalue weighted by molar-refractivity contribution is 7.20. The third-order valence-electron chi connectivity index (χ3n) is 5.91. The second-order valence-electron chi connectivity index (χ2n) is 8.08. The maximum absolute atomic E-state index is 13.1. The maximum atomic E-state index is 13.1. The summed E-state index contributed by atoms with van der Waals surface area (Å²) >= 11 is 1.47. The van der Waals surface area contributed by atoms with Crippen molar-refractivity contribution in [1.82, 2.24) is 10.2 Å². The zero-order chi connectivity index (χ0) is 21.2. The number of benzene rings is 2. The van der Waals surface area contributed by atoms with E-state index in [0.29, 0.717) is 41.7 Å². The van der Waals surface area contributed by atoms with Gasteiger partial charge in [0.15, 0.2) is 11.5 Å². The molecule has 0 bridgehead atoms. The number of likely N-dealkylation sites (tertiary alicyclic amines) is 1. The SMILES string of the molecule is O=C(N[C@H](CN1CCCC1)[C@H](O)c1ccc2c(c1)OCCO2)c1cc2ccccc2s1. The third kappa shape index (κ3) is 4.39. The van der Waals surface area contributed by atoms with Gasteiger partial charge in [0.2, 0.25) is 0 Å². The smallest absolute Gasteiger partial charge is 0.261 e. The molecule has 2 aliphatic heterocycles. The predicted octanol–water partition coefficient (Wildman–Crippen LogP) is 3.60. The number of hydrogen-bond acceptors (Lipinski definition) is 6. The highest BCUT2D eigenvalue weighted by Gasteiger charge is 2.28. The quantitative estimate of drug-likeness (QED) is 0.615. The number of fused-ring (bicyclic) bond motifs is 2. The van der Waals surface area contributed by atoms with E-state index in [1.807, 2.05) is 48.5 Å². The van der Waals surface area contributed by atoms with Crippen LogP contribution in [0.15, 0.2) is 48.5 Å². The average Bonchev–Trinajstić information content (AvgIpc) is 3.47. The zero-order valence-corrected chi connectivity index (χ0v) is 18.1. The highest BCUT2D eigenvalue weighted by atomic mass is 32.1. The monoisotopic (exact) mass is 438 g/mol. The number of rotatable bonds is 6. The van der Waals surface area contributed by atoms with E-state index >= 15 is 0 Å². The Bertz CT molecular complexity index is 1040. The molecule has 0 unspecified atom stereocenters. The van der Waals surface area contributed by atoms with Crippen LogP contribution in [-0.4, -0.2) is 54.8 Å². The molecule has 2 aliphatic rings. The molecule has 1 amide bonds. The van der Waals surface area contributed by atoms with Gasteiger partial charge < -0.3 is 24.8 Å². The lowest BCUT2D eigenvalue weighted by atomic mass is 10.0. The first kappa shape index (κ1) is 20.3. The van der Waals surface area contributed by atoms with Crippen LogP contribution in [0.5, 0.6) is 11.5 Å². The minimum atomic E-state index is -0.852. The number of ether oxygens (including phenoxy) is 2. The fourth-order valence-electron chi connectivity index (χ4n) is 4.28. The van der Waals surface area contributed by atoms with Crippen molar-refractivity contribution in [3.63, 3.8) is 0 Å². The van der Waals surface area contributed by atoms with Crippen LogP contribution in [0.4, 0.5) is 0 Å². The Balaban J connectivity index is 1.38. The lowest BCUT2D eigenvalue weighted by molar-refractivity contribution is 0.0774. The lowest BCUT2D eigenvalue weighted by Gasteiger charge is -2.29. The van der Waals surface area contributed by atoms with Crippen LogP contribution in [0.25, 0.3) is 10.1 Å². The summed E-state index contributed by atoms with van der Waals surface area (Å²) < 4.78 is 12.4. The molecular formula is C24H26N2O4S. The molecule has 2 atom stereocenters. The number of nitrogens with zero attached hydrogens (tertiary/aromatic N) is 1. The van der Waals surface area contributed by atoms with E-state index in [1.54, 1.807) is 0 Å². The molecule has 31 heavy (non-hydrogen) atoms. The Hall–Kier alpha value is -2.61. The minimum absolute atomic E-state index is 0.151. The van der Waals surface area contributed by atoms with Crippen LogP contribution < -0.4 is 14.8 Å². The maximum Gasteiger partial charge on any atom is 0.261 e. The number of amides is 1. The summed E-state index contributed by atoms with van der Waals surface area (Å²) in [5, 5.41) is 15.4. The summed E-state index contributed by atoms with van der Waals surface area (Å²) in [6.45, 7) is 3.60. The van der Waals surface area contributed by atoms with E-state index in [4.69, 9.17) is 9.47 Å². The summed E-state index contributed by atoms with van der Waals surface area (Å²) in [6, 6.07) is 14.9. The second-order valence-corrected chi connectivity index (χ2v) is 9.17. The molecule has 3 aromatic rings. The van der Waals surface area contributed by atoms with E-state index in [-0.39, 0.29) is 5.91 Å². The van der Waals surface area contributed by atoms with Gasteiger partial charge in [-0.05, 0) is 61.1 Å². The summed E-state index contributed by atoms with van der Waals surface area (Å²) in [5.74, 6) is 1.17. The number of carbonyl (C=O) groups is 1.